The summed E-state index contributed by atoms with van der Waals surface area (Å²) in [7, 11) is 1.71. The lowest BCUT2D eigenvalue weighted by Crippen LogP contribution is -2.24. The molecule has 0 aliphatic heterocycles. The van der Waals surface area contributed by atoms with Gasteiger partial charge in [0.25, 0.3) is 0 Å². The molecule has 0 aliphatic rings. The second-order valence-corrected chi connectivity index (χ2v) is 4.01. The highest BCUT2D eigenvalue weighted by atomic mass is 32.1. The highest BCUT2D eigenvalue weighted by Crippen LogP contribution is 2.19. The van der Waals surface area contributed by atoms with Gasteiger partial charge in [-0.3, -0.25) is 0 Å². The Bertz CT molecular complexity index is 258. The van der Waals surface area contributed by atoms with E-state index in [9.17, 15) is 0 Å². The van der Waals surface area contributed by atoms with Crippen LogP contribution < -0.4 is 11.1 Å². The number of nitrogens with two attached hydrogens (primary N) is 1. The highest BCUT2D eigenvalue weighted by Gasteiger charge is 2.08. The fourth-order valence-electron chi connectivity index (χ4n) is 1.30. The first-order valence-electron chi connectivity index (χ1n) is 4.74. The maximum Gasteiger partial charge on any atom is 0.139 e. The Morgan fingerprint density at radius 2 is 2.50 bits per heavy atom. The lowest BCUT2D eigenvalue weighted by atomic mass is 10.2. The number of rotatable bonds is 6. The standard InChI is InChI=1S/C9H17N3OS/c1-3-4-7(6-13-2)11-9-5-8(10)12-14-9/h5,7,11H,3-4,6H2,1-2H3,(H2,10,12). The van der Waals surface area contributed by atoms with Crippen molar-refractivity contribution in [1.29, 1.82) is 0 Å². The number of hydrogen-bond acceptors (Lipinski definition) is 5. The Morgan fingerprint density at radius 3 is 3.00 bits per heavy atom. The SMILES string of the molecule is CCCC(COC)Nc1cc(N)ns1. The lowest BCUT2D eigenvalue weighted by molar-refractivity contribution is 0.182. The summed E-state index contributed by atoms with van der Waals surface area (Å²) in [6.45, 7) is 2.87. The Balaban J connectivity index is 2.46. The van der Waals surface area contributed by atoms with Gasteiger partial charge in [-0.05, 0) is 18.0 Å². The number of anilines is 2. The van der Waals surface area contributed by atoms with Crippen molar-refractivity contribution in [2.75, 3.05) is 24.8 Å². The number of methoxy groups -OCH3 is 1. The molecule has 1 atom stereocenters. The number of ether oxygens (including phenoxy) is 1. The van der Waals surface area contributed by atoms with Crippen LogP contribution in [0.5, 0.6) is 0 Å². The predicted octanol–water partition coefficient (Wildman–Crippen LogP) is 1.95. The third-order valence-electron chi connectivity index (χ3n) is 1.88. The van der Waals surface area contributed by atoms with E-state index in [4.69, 9.17) is 10.5 Å². The molecule has 5 heteroatoms. The van der Waals surface area contributed by atoms with Crippen LogP contribution in [-0.2, 0) is 4.74 Å². The van der Waals surface area contributed by atoms with E-state index in [1.807, 2.05) is 6.07 Å². The summed E-state index contributed by atoms with van der Waals surface area (Å²) in [5, 5.41) is 4.36. The lowest BCUT2D eigenvalue weighted by Gasteiger charge is -2.16. The van der Waals surface area contributed by atoms with Crippen molar-refractivity contribution in [3.05, 3.63) is 6.07 Å². The largest absolute Gasteiger partial charge is 0.383 e. The number of nitrogens with zero attached hydrogens (tertiary/aromatic N) is 1. The monoisotopic (exact) mass is 215 g/mol. The van der Waals surface area contributed by atoms with Crippen molar-refractivity contribution >= 4 is 22.4 Å². The summed E-state index contributed by atoms with van der Waals surface area (Å²) in [4.78, 5) is 0. The molecule has 0 amide bonds. The van der Waals surface area contributed by atoms with Crippen LogP contribution in [0.25, 0.3) is 0 Å². The fraction of sp³-hybridized carbons (Fsp3) is 0.667. The number of hydrogen-bond donors (Lipinski definition) is 2. The van der Waals surface area contributed by atoms with Crippen LogP contribution in [0.1, 0.15) is 19.8 Å². The first-order chi connectivity index (χ1) is 6.76. The minimum absolute atomic E-state index is 0.352. The van der Waals surface area contributed by atoms with E-state index in [0.29, 0.717) is 18.5 Å². The van der Waals surface area contributed by atoms with Gasteiger partial charge in [0.2, 0.25) is 0 Å². The topological polar surface area (TPSA) is 60.2 Å². The highest BCUT2D eigenvalue weighted by molar-refractivity contribution is 7.10. The molecule has 1 heterocycles. The molecule has 0 bridgehead atoms. The van der Waals surface area contributed by atoms with Gasteiger partial charge in [-0.15, -0.1) is 0 Å². The van der Waals surface area contributed by atoms with Crippen LogP contribution in [-0.4, -0.2) is 24.1 Å². The first kappa shape index (κ1) is 11.3. The minimum Gasteiger partial charge on any atom is -0.383 e. The molecule has 0 aliphatic carbocycles. The summed E-state index contributed by atoms with van der Waals surface area (Å²) in [5.41, 5.74) is 5.53. The molecule has 4 nitrogen and oxygen atoms in total. The Hall–Kier alpha value is -0.810. The summed E-state index contributed by atoms with van der Waals surface area (Å²) in [6.07, 6.45) is 2.22. The third kappa shape index (κ3) is 3.51. The third-order valence-corrected chi connectivity index (χ3v) is 2.61. The second-order valence-electron chi connectivity index (χ2n) is 3.20. The summed E-state index contributed by atoms with van der Waals surface area (Å²) in [5.74, 6) is 0.574. The Labute approximate surface area is 88.6 Å². The van der Waals surface area contributed by atoms with Crippen LogP contribution in [0.2, 0.25) is 0 Å². The molecule has 80 valence electrons. The van der Waals surface area contributed by atoms with E-state index in [-0.39, 0.29) is 0 Å². The van der Waals surface area contributed by atoms with Gasteiger partial charge in [0, 0.05) is 13.2 Å². The van der Waals surface area contributed by atoms with Crippen molar-refractivity contribution in [3.63, 3.8) is 0 Å². The number of nitrogens with one attached hydrogen (secondary N) is 1. The average Bonchev–Trinajstić information content (AvgIpc) is 2.52. The molecule has 0 saturated heterocycles. The van der Waals surface area contributed by atoms with E-state index < -0.39 is 0 Å². The molecule has 0 spiro atoms. The molecule has 3 N–H and O–H groups in total. The van der Waals surface area contributed by atoms with Gasteiger partial charge in [0.1, 0.15) is 10.8 Å². The number of nitrogen functional groups attached to an aromatic ring is 1. The molecule has 1 unspecified atom stereocenters. The zero-order valence-corrected chi connectivity index (χ0v) is 9.43. The van der Waals surface area contributed by atoms with Gasteiger partial charge < -0.3 is 15.8 Å². The molecule has 1 aromatic heterocycles. The van der Waals surface area contributed by atoms with Gasteiger partial charge in [-0.25, -0.2) is 0 Å². The molecule has 0 radical (unpaired) electrons. The minimum atomic E-state index is 0.352. The van der Waals surface area contributed by atoms with E-state index in [1.165, 1.54) is 11.5 Å². The predicted molar refractivity (Wildman–Crippen MR) is 60.7 cm³/mol. The number of aromatic nitrogens is 1. The van der Waals surface area contributed by atoms with Gasteiger partial charge in [0.15, 0.2) is 0 Å². The molecule has 0 aromatic carbocycles. The van der Waals surface area contributed by atoms with Crippen molar-refractivity contribution in [3.8, 4) is 0 Å². The van der Waals surface area contributed by atoms with Crippen LogP contribution in [0, 0.1) is 0 Å². The smallest absolute Gasteiger partial charge is 0.139 e. The van der Waals surface area contributed by atoms with E-state index in [1.54, 1.807) is 7.11 Å². The molecular weight excluding hydrogens is 198 g/mol. The van der Waals surface area contributed by atoms with Crippen molar-refractivity contribution in [2.45, 2.75) is 25.8 Å². The summed E-state index contributed by atoms with van der Waals surface area (Å²) in [6, 6.07) is 2.20. The van der Waals surface area contributed by atoms with Gasteiger partial charge in [-0.1, -0.05) is 13.3 Å². The van der Waals surface area contributed by atoms with Crippen molar-refractivity contribution in [1.82, 2.24) is 4.37 Å². The van der Waals surface area contributed by atoms with Crippen molar-refractivity contribution in [2.24, 2.45) is 0 Å². The quantitative estimate of drug-likeness (QED) is 0.761. The van der Waals surface area contributed by atoms with Gasteiger partial charge >= 0.3 is 0 Å². The van der Waals surface area contributed by atoms with Crippen LogP contribution in [0.15, 0.2) is 6.07 Å². The maximum atomic E-state index is 5.53. The van der Waals surface area contributed by atoms with E-state index >= 15 is 0 Å². The normalized spacial score (nSPS) is 12.7. The fourth-order valence-corrected chi connectivity index (χ4v) is 1.95. The first-order valence-corrected chi connectivity index (χ1v) is 5.51. The maximum absolute atomic E-state index is 5.53. The molecule has 0 saturated carbocycles. The average molecular weight is 215 g/mol. The van der Waals surface area contributed by atoms with Crippen LogP contribution >= 0.6 is 11.5 Å². The zero-order valence-electron chi connectivity index (χ0n) is 8.62. The second kappa shape index (κ2) is 5.82. The molecular formula is C9H17N3OS. The van der Waals surface area contributed by atoms with Crippen molar-refractivity contribution < 1.29 is 4.74 Å². The zero-order chi connectivity index (χ0) is 10.4. The van der Waals surface area contributed by atoms with Crippen LogP contribution in [0.3, 0.4) is 0 Å². The van der Waals surface area contributed by atoms with E-state index in [2.05, 4.69) is 16.6 Å². The molecule has 1 aromatic rings. The van der Waals surface area contributed by atoms with Gasteiger partial charge in [-0.2, -0.15) is 4.37 Å². The van der Waals surface area contributed by atoms with Gasteiger partial charge in [0.05, 0.1) is 12.6 Å². The van der Waals surface area contributed by atoms with E-state index in [0.717, 1.165) is 17.8 Å². The Morgan fingerprint density at radius 1 is 1.71 bits per heavy atom. The molecule has 0 fully saturated rings. The Kier molecular flexibility index (Phi) is 4.69. The molecule has 14 heavy (non-hydrogen) atoms. The summed E-state index contributed by atoms with van der Waals surface area (Å²) >= 11 is 1.39. The summed E-state index contributed by atoms with van der Waals surface area (Å²) < 4.78 is 9.13. The molecule has 1 rings (SSSR count). The van der Waals surface area contributed by atoms with Crippen LogP contribution in [0.4, 0.5) is 10.8 Å².